The minimum absolute atomic E-state index is 0.187. The Morgan fingerprint density at radius 2 is 1.94 bits per heavy atom. The van der Waals surface area contributed by atoms with Crippen LogP contribution >= 0.6 is 0 Å². The van der Waals surface area contributed by atoms with Gasteiger partial charge in [0.25, 0.3) is 0 Å². The normalized spacial score (nSPS) is 12.2. The molecule has 0 aliphatic heterocycles. The SMILES string of the molecule is Cc1cccc(Oc2ccc([C@@H](C)N)cc2F)c1. The standard InChI is InChI=1S/C15H16FNO/c1-10-4-3-5-13(8-10)18-15-7-6-12(11(2)17)9-14(15)16/h3-9,11H,17H2,1-2H3/t11-/m1/s1. The number of ether oxygens (including phenoxy) is 1. The maximum absolute atomic E-state index is 13.8. The van der Waals surface area contributed by atoms with Crippen molar-refractivity contribution in [1.29, 1.82) is 0 Å². The van der Waals surface area contributed by atoms with Gasteiger partial charge in [-0.15, -0.1) is 0 Å². The average molecular weight is 245 g/mol. The molecule has 0 amide bonds. The van der Waals surface area contributed by atoms with Crippen LogP contribution in [0.1, 0.15) is 24.1 Å². The van der Waals surface area contributed by atoms with Crippen molar-refractivity contribution in [3.8, 4) is 11.5 Å². The molecule has 2 rings (SSSR count). The highest BCUT2D eigenvalue weighted by Gasteiger charge is 2.08. The van der Waals surface area contributed by atoms with Crippen molar-refractivity contribution in [3.63, 3.8) is 0 Å². The summed E-state index contributed by atoms with van der Waals surface area (Å²) >= 11 is 0. The van der Waals surface area contributed by atoms with Crippen molar-refractivity contribution in [1.82, 2.24) is 0 Å². The highest BCUT2D eigenvalue weighted by Crippen LogP contribution is 2.26. The molecule has 0 aliphatic carbocycles. The first-order valence-electron chi connectivity index (χ1n) is 5.86. The van der Waals surface area contributed by atoms with Crippen molar-refractivity contribution in [2.45, 2.75) is 19.9 Å². The fourth-order valence-electron chi connectivity index (χ4n) is 1.69. The number of nitrogens with two attached hydrogens (primary N) is 1. The van der Waals surface area contributed by atoms with Gasteiger partial charge in [0.1, 0.15) is 5.75 Å². The lowest BCUT2D eigenvalue weighted by Crippen LogP contribution is -2.05. The molecule has 18 heavy (non-hydrogen) atoms. The monoisotopic (exact) mass is 245 g/mol. The number of hydrogen-bond donors (Lipinski definition) is 1. The van der Waals surface area contributed by atoms with E-state index >= 15 is 0 Å². The van der Waals surface area contributed by atoms with E-state index in [9.17, 15) is 4.39 Å². The summed E-state index contributed by atoms with van der Waals surface area (Å²) in [4.78, 5) is 0. The Morgan fingerprint density at radius 3 is 2.56 bits per heavy atom. The Labute approximate surface area is 106 Å². The van der Waals surface area contributed by atoms with Crippen LogP contribution in [0.5, 0.6) is 11.5 Å². The van der Waals surface area contributed by atoms with E-state index in [1.165, 1.54) is 6.07 Å². The maximum Gasteiger partial charge on any atom is 0.166 e. The van der Waals surface area contributed by atoms with Crippen LogP contribution in [0.3, 0.4) is 0 Å². The second kappa shape index (κ2) is 5.19. The molecule has 0 radical (unpaired) electrons. The molecular weight excluding hydrogens is 229 g/mol. The molecule has 0 aromatic heterocycles. The van der Waals surface area contributed by atoms with Crippen molar-refractivity contribution in [2.24, 2.45) is 5.73 Å². The molecule has 0 bridgehead atoms. The number of rotatable bonds is 3. The van der Waals surface area contributed by atoms with Crippen LogP contribution in [0.2, 0.25) is 0 Å². The lowest BCUT2D eigenvalue weighted by molar-refractivity contribution is 0.441. The zero-order chi connectivity index (χ0) is 13.1. The van der Waals surface area contributed by atoms with E-state index in [4.69, 9.17) is 10.5 Å². The van der Waals surface area contributed by atoms with E-state index in [2.05, 4.69) is 0 Å². The first-order chi connectivity index (χ1) is 8.56. The van der Waals surface area contributed by atoms with Gasteiger partial charge in [0.05, 0.1) is 0 Å². The summed E-state index contributed by atoms with van der Waals surface area (Å²) < 4.78 is 19.3. The highest BCUT2D eigenvalue weighted by molar-refractivity contribution is 5.36. The molecule has 3 heteroatoms. The molecule has 2 N–H and O–H groups in total. The van der Waals surface area contributed by atoms with Gasteiger partial charge in [-0.2, -0.15) is 0 Å². The topological polar surface area (TPSA) is 35.2 Å². The zero-order valence-electron chi connectivity index (χ0n) is 10.5. The Hall–Kier alpha value is -1.87. The molecule has 0 unspecified atom stereocenters. The predicted molar refractivity (Wildman–Crippen MR) is 70.3 cm³/mol. The number of hydrogen-bond acceptors (Lipinski definition) is 2. The summed E-state index contributed by atoms with van der Waals surface area (Å²) in [6.45, 7) is 3.78. The molecule has 2 aromatic rings. The Balaban J connectivity index is 2.24. The van der Waals surface area contributed by atoms with E-state index in [-0.39, 0.29) is 11.8 Å². The smallest absolute Gasteiger partial charge is 0.166 e. The van der Waals surface area contributed by atoms with Gasteiger partial charge in [0.2, 0.25) is 0 Å². The van der Waals surface area contributed by atoms with Crippen molar-refractivity contribution < 1.29 is 9.13 Å². The van der Waals surface area contributed by atoms with Gasteiger partial charge in [-0.3, -0.25) is 0 Å². The van der Waals surface area contributed by atoms with Crippen LogP contribution in [0, 0.1) is 12.7 Å². The third-order valence-electron chi connectivity index (χ3n) is 2.70. The van der Waals surface area contributed by atoms with E-state index in [1.54, 1.807) is 18.2 Å². The summed E-state index contributed by atoms with van der Waals surface area (Å²) in [7, 11) is 0. The number of halogens is 1. The average Bonchev–Trinajstić information content (AvgIpc) is 2.31. The summed E-state index contributed by atoms with van der Waals surface area (Å²) in [6.07, 6.45) is 0. The fraction of sp³-hybridized carbons (Fsp3) is 0.200. The second-order valence-electron chi connectivity index (χ2n) is 4.40. The minimum Gasteiger partial charge on any atom is -0.454 e. The molecule has 0 fully saturated rings. The lowest BCUT2D eigenvalue weighted by Gasteiger charge is -2.10. The van der Waals surface area contributed by atoms with Crippen molar-refractivity contribution in [2.75, 3.05) is 0 Å². The molecule has 94 valence electrons. The van der Waals surface area contributed by atoms with Crippen LogP contribution in [0.25, 0.3) is 0 Å². The van der Waals surface area contributed by atoms with Crippen LogP contribution in [-0.4, -0.2) is 0 Å². The third-order valence-corrected chi connectivity index (χ3v) is 2.70. The van der Waals surface area contributed by atoms with Gasteiger partial charge in [-0.25, -0.2) is 4.39 Å². The van der Waals surface area contributed by atoms with Gasteiger partial charge >= 0.3 is 0 Å². The molecule has 1 atom stereocenters. The molecule has 2 aromatic carbocycles. The van der Waals surface area contributed by atoms with Gasteiger partial charge in [-0.1, -0.05) is 18.2 Å². The quantitative estimate of drug-likeness (QED) is 0.888. The summed E-state index contributed by atoms with van der Waals surface area (Å²) in [5, 5.41) is 0. The zero-order valence-corrected chi connectivity index (χ0v) is 10.5. The molecule has 2 nitrogen and oxygen atoms in total. The summed E-state index contributed by atoms with van der Waals surface area (Å²) in [6, 6.07) is 12.1. The van der Waals surface area contributed by atoms with E-state index in [0.29, 0.717) is 5.75 Å². The first-order valence-corrected chi connectivity index (χ1v) is 5.86. The number of aryl methyl sites for hydroxylation is 1. The Kier molecular flexibility index (Phi) is 3.63. The van der Waals surface area contributed by atoms with E-state index in [1.807, 2.05) is 32.0 Å². The largest absolute Gasteiger partial charge is 0.454 e. The Morgan fingerprint density at radius 1 is 1.17 bits per heavy atom. The maximum atomic E-state index is 13.8. The third kappa shape index (κ3) is 2.87. The van der Waals surface area contributed by atoms with E-state index in [0.717, 1.165) is 11.1 Å². The van der Waals surface area contributed by atoms with Crippen molar-refractivity contribution in [3.05, 3.63) is 59.4 Å². The van der Waals surface area contributed by atoms with Crippen LogP contribution < -0.4 is 10.5 Å². The first kappa shape index (κ1) is 12.6. The van der Waals surface area contributed by atoms with Crippen LogP contribution in [0.4, 0.5) is 4.39 Å². The van der Waals surface area contributed by atoms with Gasteiger partial charge < -0.3 is 10.5 Å². The molecule has 0 saturated carbocycles. The summed E-state index contributed by atoms with van der Waals surface area (Å²) in [5.74, 6) is 0.443. The molecule has 0 aliphatic rings. The minimum atomic E-state index is -0.397. The molecule has 0 spiro atoms. The fourth-order valence-corrected chi connectivity index (χ4v) is 1.69. The van der Waals surface area contributed by atoms with Crippen molar-refractivity contribution >= 4 is 0 Å². The molecule has 0 heterocycles. The van der Waals surface area contributed by atoms with Gasteiger partial charge in [-0.05, 0) is 49.2 Å². The second-order valence-corrected chi connectivity index (χ2v) is 4.40. The molecule has 0 saturated heterocycles. The summed E-state index contributed by atoms with van der Waals surface area (Å²) in [5.41, 5.74) is 7.52. The van der Waals surface area contributed by atoms with Crippen LogP contribution in [0.15, 0.2) is 42.5 Å². The predicted octanol–water partition coefficient (Wildman–Crippen LogP) is 3.95. The number of benzene rings is 2. The van der Waals surface area contributed by atoms with Gasteiger partial charge in [0, 0.05) is 6.04 Å². The highest BCUT2D eigenvalue weighted by atomic mass is 19.1. The van der Waals surface area contributed by atoms with E-state index < -0.39 is 5.82 Å². The van der Waals surface area contributed by atoms with Gasteiger partial charge in [0.15, 0.2) is 11.6 Å². The lowest BCUT2D eigenvalue weighted by atomic mass is 10.1. The molecular formula is C15H16FNO. The van der Waals surface area contributed by atoms with Crippen LogP contribution in [-0.2, 0) is 0 Å². The Bertz CT molecular complexity index is 552.